The fraction of sp³-hybridized carbons (Fsp3) is 0.333. The Balaban J connectivity index is 1.23. The maximum Gasteiger partial charge on any atom is 0.262 e. The van der Waals surface area contributed by atoms with Crippen LogP contribution in [0.3, 0.4) is 0 Å². The number of sulfonamides is 1. The van der Waals surface area contributed by atoms with Gasteiger partial charge in [0, 0.05) is 25.6 Å². The minimum Gasteiger partial charge on any atom is -0.477 e. The third kappa shape index (κ3) is 5.99. The van der Waals surface area contributed by atoms with Gasteiger partial charge in [0.15, 0.2) is 6.10 Å². The summed E-state index contributed by atoms with van der Waals surface area (Å²) in [5.74, 6) is -0.237. The molecule has 9 heteroatoms. The summed E-state index contributed by atoms with van der Waals surface area (Å²) >= 11 is 0. The molecule has 0 aromatic heterocycles. The van der Waals surface area contributed by atoms with E-state index in [-0.39, 0.29) is 42.3 Å². The second-order valence-electron chi connectivity index (χ2n) is 10.0. The Morgan fingerprint density at radius 3 is 2.31 bits per heavy atom. The number of hydrogen-bond donors (Lipinski definition) is 1. The van der Waals surface area contributed by atoms with Gasteiger partial charge in [-0.05, 0) is 56.0 Å². The van der Waals surface area contributed by atoms with Crippen LogP contribution >= 0.6 is 0 Å². The molecule has 204 valence electrons. The second-order valence-corrected chi connectivity index (χ2v) is 12.0. The molecule has 1 N–H and O–H groups in total. The zero-order valence-corrected chi connectivity index (χ0v) is 22.8. The molecule has 5 rings (SSSR count). The number of carbonyl (C=O) groups is 2. The lowest BCUT2D eigenvalue weighted by Gasteiger charge is -2.38. The van der Waals surface area contributed by atoms with Crippen molar-refractivity contribution in [1.82, 2.24) is 9.62 Å². The van der Waals surface area contributed by atoms with Gasteiger partial charge < -0.3 is 15.0 Å². The van der Waals surface area contributed by atoms with Crippen molar-refractivity contribution in [2.45, 2.75) is 37.2 Å². The van der Waals surface area contributed by atoms with Crippen molar-refractivity contribution in [3.63, 3.8) is 0 Å². The van der Waals surface area contributed by atoms with Crippen LogP contribution < -0.4 is 15.0 Å². The Labute approximate surface area is 229 Å². The standard InChI is InChI=1S/C30H33N3O5S/c1-22-11-13-25(14-12-22)39(36,37)32-19-16-24(17-20-32)30(35)33-21-28(38-27-10-6-5-9-26(27)33)29(34)31-18-15-23-7-3-2-4-8-23/h2-14,24,28H,15-21H2,1H3,(H,31,34)/t28-/m1/s1. The van der Waals surface area contributed by atoms with E-state index in [2.05, 4.69) is 5.32 Å². The zero-order chi connectivity index (χ0) is 27.4. The summed E-state index contributed by atoms with van der Waals surface area (Å²) < 4.78 is 33.7. The van der Waals surface area contributed by atoms with Gasteiger partial charge >= 0.3 is 0 Å². The van der Waals surface area contributed by atoms with Crippen LogP contribution in [0.2, 0.25) is 0 Å². The Morgan fingerprint density at radius 1 is 0.923 bits per heavy atom. The third-order valence-corrected chi connectivity index (χ3v) is 9.26. The van der Waals surface area contributed by atoms with Crippen molar-refractivity contribution < 1.29 is 22.7 Å². The summed E-state index contributed by atoms with van der Waals surface area (Å²) in [7, 11) is -3.61. The number of benzene rings is 3. The molecule has 2 heterocycles. The minimum atomic E-state index is -3.61. The van der Waals surface area contributed by atoms with Crippen molar-refractivity contribution in [2.24, 2.45) is 5.92 Å². The molecule has 0 bridgehead atoms. The van der Waals surface area contributed by atoms with Crippen LogP contribution in [-0.2, 0) is 26.0 Å². The molecule has 2 aliphatic rings. The fourth-order valence-electron chi connectivity index (χ4n) is 5.09. The van der Waals surface area contributed by atoms with E-state index in [0.717, 1.165) is 11.1 Å². The number of hydrogen-bond acceptors (Lipinski definition) is 5. The smallest absolute Gasteiger partial charge is 0.262 e. The van der Waals surface area contributed by atoms with Crippen molar-refractivity contribution in [3.8, 4) is 5.75 Å². The molecule has 1 saturated heterocycles. The topological polar surface area (TPSA) is 96.0 Å². The van der Waals surface area contributed by atoms with E-state index < -0.39 is 16.1 Å². The average Bonchev–Trinajstić information content (AvgIpc) is 2.97. The van der Waals surface area contributed by atoms with Gasteiger partial charge in [-0.3, -0.25) is 9.59 Å². The first-order chi connectivity index (χ1) is 18.8. The predicted molar refractivity (Wildman–Crippen MR) is 149 cm³/mol. The number of fused-ring (bicyclic) bond motifs is 1. The van der Waals surface area contributed by atoms with E-state index in [9.17, 15) is 18.0 Å². The van der Waals surface area contributed by atoms with Crippen LogP contribution in [0.4, 0.5) is 5.69 Å². The van der Waals surface area contributed by atoms with Crippen LogP contribution in [0.1, 0.15) is 24.0 Å². The summed E-state index contributed by atoms with van der Waals surface area (Å²) in [5, 5.41) is 2.94. The van der Waals surface area contributed by atoms with Gasteiger partial charge in [0.2, 0.25) is 15.9 Å². The van der Waals surface area contributed by atoms with Crippen molar-refractivity contribution in [2.75, 3.05) is 31.1 Å². The number of ether oxygens (including phenoxy) is 1. The van der Waals surface area contributed by atoms with Gasteiger partial charge in [-0.1, -0.05) is 60.2 Å². The van der Waals surface area contributed by atoms with Crippen LogP contribution in [0, 0.1) is 12.8 Å². The minimum absolute atomic E-state index is 0.106. The molecule has 2 aliphatic heterocycles. The molecular weight excluding hydrogens is 514 g/mol. The summed E-state index contributed by atoms with van der Waals surface area (Å²) in [6.07, 6.45) is 0.693. The van der Waals surface area contributed by atoms with Crippen molar-refractivity contribution in [1.29, 1.82) is 0 Å². The first-order valence-corrected chi connectivity index (χ1v) is 14.7. The number of piperidine rings is 1. The summed E-state index contributed by atoms with van der Waals surface area (Å²) in [4.78, 5) is 28.6. The van der Waals surface area contributed by atoms with Gasteiger partial charge in [-0.15, -0.1) is 0 Å². The SMILES string of the molecule is Cc1ccc(S(=O)(=O)N2CCC(C(=O)N3C[C@H](C(=O)NCCc4ccccc4)Oc4ccccc43)CC2)cc1. The molecule has 3 aromatic rings. The van der Waals surface area contributed by atoms with E-state index in [4.69, 9.17) is 4.74 Å². The quantitative estimate of drug-likeness (QED) is 0.488. The van der Waals surface area contributed by atoms with Crippen molar-refractivity contribution in [3.05, 3.63) is 90.0 Å². The molecule has 8 nitrogen and oxygen atoms in total. The second kappa shape index (κ2) is 11.6. The van der Waals surface area contributed by atoms with E-state index in [1.807, 2.05) is 55.5 Å². The number of rotatable bonds is 7. The van der Waals surface area contributed by atoms with E-state index in [1.54, 1.807) is 35.2 Å². The molecule has 39 heavy (non-hydrogen) atoms. The molecule has 0 aliphatic carbocycles. The van der Waals surface area contributed by atoms with Gasteiger partial charge in [-0.2, -0.15) is 4.31 Å². The Kier molecular flexibility index (Phi) is 7.99. The number of amides is 2. The average molecular weight is 548 g/mol. The van der Waals surface area contributed by atoms with Crippen LogP contribution in [-0.4, -0.2) is 56.8 Å². The Morgan fingerprint density at radius 2 is 1.59 bits per heavy atom. The lowest BCUT2D eigenvalue weighted by Crippen LogP contribution is -2.53. The number of nitrogens with one attached hydrogen (secondary N) is 1. The molecule has 3 aromatic carbocycles. The summed E-state index contributed by atoms with van der Waals surface area (Å²) in [6, 6.07) is 23.9. The number of aryl methyl sites for hydroxylation is 1. The van der Waals surface area contributed by atoms with E-state index >= 15 is 0 Å². The Bertz CT molecular complexity index is 1420. The highest BCUT2D eigenvalue weighted by molar-refractivity contribution is 7.89. The third-order valence-electron chi connectivity index (χ3n) is 7.35. The highest BCUT2D eigenvalue weighted by Gasteiger charge is 2.39. The van der Waals surface area contributed by atoms with Crippen LogP contribution in [0.25, 0.3) is 0 Å². The molecule has 1 fully saturated rings. The van der Waals surface area contributed by atoms with E-state index in [0.29, 0.717) is 37.2 Å². The molecule has 0 radical (unpaired) electrons. The molecule has 0 spiro atoms. The highest BCUT2D eigenvalue weighted by atomic mass is 32.2. The largest absolute Gasteiger partial charge is 0.477 e. The maximum absolute atomic E-state index is 13.7. The van der Waals surface area contributed by atoms with Crippen molar-refractivity contribution >= 4 is 27.5 Å². The van der Waals surface area contributed by atoms with Gasteiger partial charge in [0.05, 0.1) is 17.1 Å². The molecule has 0 saturated carbocycles. The number of para-hydroxylation sites is 2. The lowest BCUT2D eigenvalue weighted by molar-refractivity contribution is -0.129. The zero-order valence-electron chi connectivity index (χ0n) is 22.0. The predicted octanol–water partition coefficient (Wildman–Crippen LogP) is 3.55. The monoisotopic (exact) mass is 547 g/mol. The highest BCUT2D eigenvalue weighted by Crippen LogP contribution is 2.35. The normalized spacial score (nSPS) is 18.2. The first kappa shape index (κ1) is 26.9. The van der Waals surface area contributed by atoms with Crippen LogP contribution in [0.15, 0.2) is 83.8 Å². The van der Waals surface area contributed by atoms with Gasteiger partial charge in [0.1, 0.15) is 5.75 Å². The van der Waals surface area contributed by atoms with Gasteiger partial charge in [0.25, 0.3) is 5.91 Å². The molecule has 0 unspecified atom stereocenters. The summed E-state index contributed by atoms with van der Waals surface area (Å²) in [5.41, 5.74) is 2.75. The lowest BCUT2D eigenvalue weighted by atomic mass is 9.95. The first-order valence-electron chi connectivity index (χ1n) is 13.3. The maximum atomic E-state index is 13.7. The number of carbonyl (C=O) groups excluding carboxylic acids is 2. The van der Waals surface area contributed by atoms with E-state index in [1.165, 1.54) is 4.31 Å². The molecule has 2 amide bonds. The molecular formula is C30H33N3O5S. The molecule has 1 atom stereocenters. The van der Waals surface area contributed by atoms with Crippen LogP contribution in [0.5, 0.6) is 5.75 Å². The van der Waals surface area contributed by atoms with Gasteiger partial charge in [-0.25, -0.2) is 8.42 Å². The summed E-state index contributed by atoms with van der Waals surface area (Å²) in [6.45, 7) is 3.02. The Hall–Kier alpha value is -3.69. The number of anilines is 1. The fourth-order valence-corrected chi connectivity index (χ4v) is 6.56. The number of nitrogens with zero attached hydrogens (tertiary/aromatic N) is 2.